The van der Waals surface area contributed by atoms with Crippen LogP contribution in [0.2, 0.25) is 5.15 Å². The van der Waals surface area contributed by atoms with E-state index >= 15 is 0 Å². The molecule has 0 aliphatic carbocycles. The van der Waals surface area contributed by atoms with Crippen LogP contribution in [0, 0.1) is 0 Å². The molecule has 1 amide bonds. The summed E-state index contributed by atoms with van der Waals surface area (Å²) in [6.45, 7) is 5.08. The molecule has 6 heteroatoms. The molecule has 2 aromatic carbocycles. The monoisotopic (exact) mass is 410 g/mol. The molecule has 0 atom stereocenters. The van der Waals surface area contributed by atoms with E-state index in [1.165, 1.54) is 5.56 Å². The first kappa shape index (κ1) is 19.5. The van der Waals surface area contributed by atoms with Gasteiger partial charge in [0.25, 0.3) is 0 Å². The minimum absolute atomic E-state index is 0.0566. The second-order valence-corrected chi connectivity index (χ2v) is 7.47. The van der Waals surface area contributed by atoms with Crippen molar-refractivity contribution in [3.05, 3.63) is 64.3 Å². The van der Waals surface area contributed by atoms with Gasteiger partial charge in [0.1, 0.15) is 5.15 Å². The number of ether oxygens (including phenoxy) is 2. The third-order valence-electron chi connectivity index (χ3n) is 5.14. The van der Waals surface area contributed by atoms with Crippen LogP contribution in [0.3, 0.4) is 0 Å². The largest absolute Gasteiger partial charge is 0.454 e. The lowest BCUT2D eigenvalue weighted by atomic mass is 10.1. The van der Waals surface area contributed by atoms with Gasteiger partial charge in [0, 0.05) is 30.5 Å². The summed E-state index contributed by atoms with van der Waals surface area (Å²) in [5, 5.41) is 1.47. The quantitative estimate of drug-likeness (QED) is 0.529. The van der Waals surface area contributed by atoms with Crippen LogP contribution in [-0.2, 0) is 24.3 Å². The zero-order valence-electron chi connectivity index (χ0n) is 16.6. The van der Waals surface area contributed by atoms with E-state index in [4.69, 9.17) is 21.1 Å². The van der Waals surface area contributed by atoms with Crippen molar-refractivity contribution < 1.29 is 14.3 Å². The maximum absolute atomic E-state index is 12.6. The van der Waals surface area contributed by atoms with Crippen LogP contribution in [0.5, 0.6) is 11.5 Å². The molecule has 5 nitrogen and oxygen atoms in total. The Morgan fingerprint density at radius 3 is 2.62 bits per heavy atom. The number of aryl methyl sites for hydroxylation is 1. The number of carbonyl (C=O) groups is 1. The van der Waals surface area contributed by atoms with Crippen LogP contribution < -0.4 is 9.47 Å². The first-order valence-corrected chi connectivity index (χ1v) is 10.2. The van der Waals surface area contributed by atoms with E-state index in [0.29, 0.717) is 30.4 Å². The molecule has 150 valence electrons. The third kappa shape index (κ3) is 4.15. The lowest BCUT2D eigenvalue weighted by Gasteiger charge is -2.23. The Labute approximate surface area is 175 Å². The summed E-state index contributed by atoms with van der Waals surface area (Å²) in [6, 6.07) is 14.0. The molecule has 0 N–H and O–H groups in total. The number of fused-ring (bicyclic) bond motifs is 2. The van der Waals surface area contributed by atoms with Crippen LogP contribution in [0.1, 0.15) is 37.0 Å². The van der Waals surface area contributed by atoms with E-state index in [0.717, 1.165) is 34.2 Å². The van der Waals surface area contributed by atoms with Gasteiger partial charge in [-0.25, -0.2) is 4.98 Å². The van der Waals surface area contributed by atoms with Crippen molar-refractivity contribution in [3.8, 4) is 11.5 Å². The molecule has 0 saturated carbocycles. The fourth-order valence-electron chi connectivity index (χ4n) is 3.50. The molecule has 0 radical (unpaired) electrons. The molecule has 29 heavy (non-hydrogen) atoms. The Morgan fingerprint density at radius 2 is 1.83 bits per heavy atom. The van der Waals surface area contributed by atoms with E-state index in [-0.39, 0.29) is 12.7 Å². The smallest absolute Gasteiger partial charge is 0.231 e. The molecule has 0 spiro atoms. The Kier molecular flexibility index (Phi) is 5.58. The van der Waals surface area contributed by atoms with E-state index in [9.17, 15) is 4.79 Å². The Balaban J connectivity index is 1.62. The highest BCUT2D eigenvalue weighted by Gasteiger charge is 2.18. The van der Waals surface area contributed by atoms with Gasteiger partial charge < -0.3 is 14.4 Å². The first-order chi connectivity index (χ1) is 14.1. The van der Waals surface area contributed by atoms with Crippen molar-refractivity contribution in [2.45, 2.75) is 39.8 Å². The van der Waals surface area contributed by atoms with Gasteiger partial charge in [-0.05, 0) is 47.9 Å². The molecule has 4 rings (SSSR count). The van der Waals surface area contributed by atoms with Gasteiger partial charge in [-0.1, -0.05) is 37.6 Å². The normalized spacial score (nSPS) is 12.4. The fraction of sp³-hybridized carbons (Fsp3) is 0.304. The highest BCUT2D eigenvalue weighted by atomic mass is 35.5. The van der Waals surface area contributed by atoms with Gasteiger partial charge in [0.2, 0.25) is 12.7 Å². The molecule has 1 aliphatic rings. The van der Waals surface area contributed by atoms with E-state index in [2.05, 4.69) is 24.0 Å². The summed E-state index contributed by atoms with van der Waals surface area (Å²) in [5.74, 6) is 1.50. The zero-order chi connectivity index (χ0) is 20.4. The van der Waals surface area contributed by atoms with Crippen molar-refractivity contribution in [3.63, 3.8) is 0 Å². The summed E-state index contributed by atoms with van der Waals surface area (Å²) < 4.78 is 10.8. The third-order valence-corrected chi connectivity index (χ3v) is 5.47. The van der Waals surface area contributed by atoms with Crippen molar-refractivity contribution in [1.82, 2.24) is 9.88 Å². The number of hydrogen-bond acceptors (Lipinski definition) is 4. The minimum Gasteiger partial charge on any atom is -0.454 e. The van der Waals surface area contributed by atoms with Crippen LogP contribution in [0.4, 0.5) is 0 Å². The number of hydrogen-bond donors (Lipinski definition) is 0. The van der Waals surface area contributed by atoms with Gasteiger partial charge in [-0.3, -0.25) is 4.79 Å². The van der Waals surface area contributed by atoms with E-state index in [1.807, 2.05) is 37.3 Å². The summed E-state index contributed by atoms with van der Waals surface area (Å²) in [4.78, 5) is 19.0. The first-order valence-electron chi connectivity index (χ1n) is 9.81. The Morgan fingerprint density at radius 1 is 1.03 bits per heavy atom. The molecule has 1 aromatic heterocycles. The zero-order valence-corrected chi connectivity index (χ0v) is 17.3. The maximum Gasteiger partial charge on any atom is 0.231 e. The van der Waals surface area contributed by atoms with Gasteiger partial charge in [-0.2, -0.15) is 0 Å². The van der Waals surface area contributed by atoms with Crippen LogP contribution in [0.15, 0.2) is 42.5 Å². The van der Waals surface area contributed by atoms with Gasteiger partial charge in [-0.15, -0.1) is 0 Å². The SMILES string of the molecule is CCC(=O)N(Cc1ccc2c(c1)OCO2)Cc1cc2cc(CC)ccc2nc1Cl. The average molecular weight is 411 g/mol. The lowest BCUT2D eigenvalue weighted by molar-refractivity contribution is -0.132. The molecular formula is C23H23ClN2O3. The molecule has 1 aliphatic heterocycles. The number of aromatic nitrogens is 1. The lowest BCUT2D eigenvalue weighted by Crippen LogP contribution is -2.29. The molecule has 0 bridgehead atoms. The molecule has 0 fully saturated rings. The molecular weight excluding hydrogens is 388 g/mol. The number of benzene rings is 2. The van der Waals surface area contributed by atoms with E-state index < -0.39 is 0 Å². The standard InChI is InChI=1S/C23H23ClN2O3/c1-3-15-5-7-19-17(9-15)11-18(23(24)25-19)13-26(22(27)4-2)12-16-6-8-20-21(10-16)29-14-28-20/h5-11H,3-4,12-14H2,1-2H3. The van der Waals surface area contributed by atoms with Gasteiger partial charge >= 0.3 is 0 Å². The van der Waals surface area contributed by atoms with Crippen molar-refractivity contribution in [1.29, 1.82) is 0 Å². The number of rotatable bonds is 6. The maximum atomic E-state index is 12.6. The number of pyridine rings is 1. The number of nitrogens with zero attached hydrogens (tertiary/aromatic N) is 2. The summed E-state index contributed by atoms with van der Waals surface area (Å²) in [7, 11) is 0. The number of halogens is 1. The molecule has 0 saturated heterocycles. The van der Waals surface area contributed by atoms with Crippen LogP contribution in [-0.4, -0.2) is 22.6 Å². The molecule has 2 heterocycles. The molecule has 0 unspecified atom stereocenters. The Hall–Kier alpha value is -2.79. The van der Waals surface area contributed by atoms with E-state index in [1.54, 1.807) is 4.90 Å². The highest BCUT2D eigenvalue weighted by molar-refractivity contribution is 6.30. The van der Waals surface area contributed by atoms with Gasteiger partial charge in [0.15, 0.2) is 11.5 Å². The summed E-state index contributed by atoms with van der Waals surface area (Å²) in [6.07, 6.45) is 1.38. The summed E-state index contributed by atoms with van der Waals surface area (Å²) >= 11 is 6.46. The number of amides is 1. The van der Waals surface area contributed by atoms with Gasteiger partial charge in [0.05, 0.1) is 5.52 Å². The van der Waals surface area contributed by atoms with Crippen LogP contribution in [0.25, 0.3) is 10.9 Å². The van der Waals surface area contributed by atoms with Crippen LogP contribution >= 0.6 is 11.6 Å². The van der Waals surface area contributed by atoms with Crippen molar-refractivity contribution in [2.75, 3.05) is 6.79 Å². The fourth-order valence-corrected chi connectivity index (χ4v) is 3.70. The topological polar surface area (TPSA) is 51.7 Å². The number of carbonyl (C=O) groups excluding carboxylic acids is 1. The summed E-state index contributed by atoms with van der Waals surface area (Å²) in [5.41, 5.74) is 3.93. The second-order valence-electron chi connectivity index (χ2n) is 7.11. The average Bonchev–Trinajstić information content (AvgIpc) is 3.20. The molecule has 3 aromatic rings. The minimum atomic E-state index is 0.0566. The Bertz CT molecular complexity index is 1070. The van der Waals surface area contributed by atoms with Crippen molar-refractivity contribution >= 4 is 28.4 Å². The van der Waals surface area contributed by atoms with Crippen molar-refractivity contribution in [2.24, 2.45) is 0 Å². The predicted molar refractivity (Wildman–Crippen MR) is 113 cm³/mol. The highest BCUT2D eigenvalue weighted by Crippen LogP contribution is 2.33. The predicted octanol–water partition coefficient (Wildman–Crippen LogP) is 5.12. The second kappa shape index (κ2) is 8.29.